The number of ether oxygens (including phenoxy) is 1. The van der Waals surface area contributed by atoms with Gasteiger partial charge >= 0.3 is 0 Å². The fraction of sp³-hybridized carbons (Fsp3) is 0.556. The summed E-state index contributed by atoms with van der Waals surface area (Å²) in [6, 6.07) is 2.15. The summed E-state index contributed by atoms with van der Waals surface area (Å²) in [5.41, 5.74) is 3.52. The normalized spacial score (nSPS) is 22.0. The maximum Gasteiger partial charge on any atom is 0.132 e. The number of nitrogens with zero attached hydrogens (tertiary/aromatic N) is 5. The Morgan fingerprint density at radius 1 is 1.04 bits per heavy atom. The molecule has 0 radical (unpaired) electrons. The average Bonchev–Trinajstić information content (AvgIpc) is 3.17. The molecule has 2 aromatic rings. The van der Waals surface area contributed by atoms with Crippen LogP contribution in [0.3, 0.4) is 0 Å². The fourth-order valence-electron chi connectivity index (χ4n) is 3.74. The highest BCUT2D eigenvalue weighted by atomic mass is 16.5. The third-order valence-electron chi connectivity index (χ3n) is 5.16. The van der Waals surface area contributed by atoms with Gasteiger partial charge in [-0.05, 0) is 31.7 Å². The highest BCUT2D eigenvalue weighted by molar-refractivity contribution is 5.41. The van der Waals surface area contributed by atoms with Crippen LogP contribution in [0, 0.1) is 6.92 Å². The van der Waals surface area contributed by atoms with Crippen LogP contribution in [0.2, 0.25) is 0 Å². The van der Waals surface area contributed by atoms with Gasteiger partial charge in [0.2, 0.25) is 0 Å². The molecule has 0 saturated carbocycles. The van der Waals surface area contributed by atoms with Crippen molar-refractivity contribution in [1.82, 2.24) is 19.9 Å². The summed E-state index contributed by atoms with van der Waals surface area (Å²) < 4.78 is 5.49. The van der Waals surface area contributed by atoms with Crippen molar-refractivity contribution in [3.8, 4) is 0 Å². The SMILES string of the molecule is Cc1cncnc1C1CCN(c2cc([C@H]3CCOC3)ncn2)CC1. The topological polar surface area (TPSA) is 64.0 Å². The van der Waals surface area contributed by atoms with Crippen molar-refractivity contribution >= 4 is 5.82 Å². The lowest BCUT2D eigenvalue weighted by Crippen LogP contribution is -2.34. The van der Waals surface area contributed by atoms with E-state index in [1.54, 1.807) is 12.7 Å². The van der Waals surface area contributed by atoms with Crippen LogP contribution < -0.4 is 4.90 Å². The molecular formula is C18H23N5O. The van der Waals surface area contributed by atoms with Gasteiger partial charge in [-0.15, -0.1) is 0 Å². The molecule has 2 saturated heterocycles. The number of aryl methyl sites for hydroxylation is 1. The Morgan fingerprint density at radius 3 is 2.67 bits per heavy atom. The number of hydrogen-bond acceptors (Lipinski definition) is 6. The van der Waals surface area contributed by atoms with E-state index in [9.17, 15) is 0 Å². The molecular weight excluding hydrogens is 302 g/mol. The van der Waals surface area contributed by atoms with E-state index in [2.05, 4.69) is 37.8 Å². The maximum atomic E-state index is 5.49. The van der Waals surface area contributed by atoms with Crippen molar-refractivity contribution in [2.75, 3.05) is 31.2 Å². The third-order valence-corrected chi connectivity index (χ3v) is 5.16. The van der Waals surface area contributed by atoms with Crippen molar-refractivity contribution in [3.05, 3.63) is 41.9 Å². The zero-order chi connectivity index (χ0) is 16.4. The number of anilines is 1. The van der Waals surface area contributed by atoms with E-state index in [0.29, 0.717) is 11.8 Å². The molecule has 0 spiro atoms. The highest BCUT2D eigenvalue weighted by Crippen LogP contribution is 2.31. The summed E-state index contributed by atoms with van der Waals surface area (Å²) in [4.78, 5) is 19.9. The largest absolute Gasteiger partial charge is 0.381 e. The Morgan fingerprint density at radius 2 is 1.92 bits per heavy atom. The first-order chi connectivity index (χ1) is 11.8. The molecule has 2 fully saturated rings. The van der Waals surface area contributed by atoms with Gasteiger partial charge in [0.25, 0.3) is 0 Å². The minimum atomic E-state index is 0.424. The summed E-state index contributed by atoms with van der Waals surface area (Å²) in [7, 11) is 0. The van der Waals surface area contributed by atoms with Gasteiger partial charge in [-0.2, -0.15) is 0 Å². The van der Waals surface area contributed by atoms with E-state index in [1.807, 2.05) is 6.20 Å². The van der Waals surface area contributed by atoms with Crippen LogP contribution in [0.15, 0.2) is 24.9 Å². The molecule has 6 heteroatoms. The molecule has 126 valence electrons. The van der Waals surface area contributed by atoms with E-state index in [1.165, 1.54) is 11.3 Å². The molecule has 6 nitrogen and oxygen atoms in total. The second-order valence-electron chi connectivity index (χ2n) is 6.71. The summed E-state index contributed by atoms with van der Waals surface area (Å²) in [5.74, 6) is 1.99. The summed E-state index contributed by atoms with van der Waals surface area (Å²) in [5, 5.41) is 0. The quantitative estimate of drug-likeness (QED) is 0.864. The molecule has 2 aliphatic rings. The van der Waals surface area contributed by atoms with Crippen molar-refractivity contribution < 1.29 is 4.74 Å². The predicted octanol–water partition coefficient (Wildman–Crippen LogP) is 2.46. The molecule has 0 unspecified atom stereocenters. The molecule has 2 aliphatic heterocycles. The second-order valence-corrected chi connectivity index (χ2v) is 6.71. The summed E-state index contributed by atoms with van der Waals surface area (Å²) in [6.45, 7) is 5.73. The lowest BCUT2D eigenvalue weighted by molar-refractivity contribution is 0.193. The van der Waals surface area contributed by atoms with E-state index < -0.39 is 0 Å². The van der Waals surface area contributed by atoms with E-state index in [0.717, 1.165) is 57.1 Å². The van der Waals surface area contributed by atoms with Crippen molar-refractivity contribution in [3.63, 3.8) is 0 Å². The lowest BCUT2D eigenvalue weighted by atomic mass is 9.91. The van der Waals surface area contributed by atoms with Gasteiger partial charge in [-0.25, -0.2) is 19.9 Å². The number of rotatable bonds is 3. The van der Waals surface area contributed by atoms with Crippen LogP contribution in [0.4, 0.5) is 5.82 Å². The van der Waals surface area contributed by atoms with E-state index >= 15 is 0 Å². The zero-order valence-corrected chi connectivity index (χ0v) is 14.1. The third kappa shape index (κ3) is 3.11. The van der Waals surface area contributed by atoms with Crippen LogP contribution >= 0.6 is 0 Å². The standard InChI is InChI=1S/C18H23N5O/c1-13-9-19-11-22-18(13)14-2-5-23(6-3-14)17-8-16(20-12-21-17)15-4-7-24-10-15/h8-9,11-12,14-15H,2-7,10H2,1H3/t15-/m0/s1. The Labute approximate surface area is 142 Å². The molecule has 2 aromatic heterocycles. The average molecular weight is 325 g/mol. The van der Waals surface area contributed by atoms with Gasteiger partial charge in [0.15, 0.2) is 0 Å². The van der Waals surface area contributed by atoms with Crippen molar-refractivity contribution in [1.29, 1.82) is 0 Å². The molecule has 4 rings (SSSR count). The number of aromatic nitrogens is 4. The second kappa shape index (κ2) is 6.81. The molecule has 4 heterocycles. The Balaban J connectivity index is 1.44. The van der Waals surface area contributed by atoms with Gasteiger partial charge < -0.3 is 9.64 Å². The maximum absolute atomic E-state index is 5.49. The zero-order valence-electron chi connectivity index (χ0n) is 14.1. The first-order valence-electron chi connectivity index (χ1n) is 8.72. The van der Waals surface area contributed by atoms with Crippen LogP contribution in [0.25, 0.3) is 0 Å². The molecule has 0 aromatic carbocycles. The van der Waals surface area contributed by atoms with Gasteiger partial charge in [0.05, 0.1) is 12.3 Å². The van der Waals surface area contributed by atoms with Crippen LogP contribution in [-0.2, 0) is 4.74 Å². The number of piperidine rings is 1. The molecule has 0 bridgehead atoms. The summed E-state index contributed by atoms with van der Waals surface area (Å²) >= 11 is 0. The van der Waals surface area contributed by atoms with Crippen LogP contribution in [0.1, 0.15) is 48.0 Å². The van der Waals surface area contributed by atoms with Gasteiger partial charge in [0.1, 0.15) is 18.5 Å². The monoisotopic (exact) mass is 325 g/mol. The minimum Gasteiger partial charge on any atom is -0.381 e. The van der Waals surface area contributed by atoms with Gasteiger partial charge in [0, 0.05) is 49.5 Å². The lowest BCUT2D eigenvalue weighted by Gasteiger charge is -2.33. The predicted molar refractivity (Wildman–Crippen MR) is 91.2 cm³/mol. The van der Waals surface area contributed by atoms with Crippen LogP contribution in [0.5, 0.6) is 0 Å². The van der Waals surface area contributed by atoms with Crippen molar-refractivity contribution in [2.45, 2.75) is 38.0 Å². The van der Waals surface area contributed by atoms with Crippen LogP contribution in [-0.4, -0.2) is 46.2 Å². The highest BCUT2D eigenvalue weighted by Gasteiger charge is 2.25. The first kappa shape index (κ1) is 15.4. The van der Waals surface area contributed by atoms with E-state index in [-0.39, 0.29) is 0 Å². The molecule has 24 heavy (non-hydrogen) atoms. The van der Waals surface area contributed by atoms with E-state index in [4.69, 9.17) is 4.74 Å². The smallest absolute Gasteiger partial charge is 0.132 e. The first-order valence-corrected chi connectivity index (χ1v) is 8.72. The summed E-state index contributed by atoms with van der Waals surface area (Å²) in [6.07, 6.45) is 8.53. The van der Waals surface area contributed by atoms with Gasteiger partial charge in [-0.3, -0.25) is 0 Å². The Bertz CT molecular complexity index is 693. The Kier molecular flexibility index (Phi) is 4.38. The fourth-order valence-corrected chi connectivity index (χ4v) is 3.74. The minimum absolute atomic E-state index is 0.424. The van der Waals surface area contributed by atoms with Gasteiger partial charge in [-0.1, -0.05) is 0 Å². The molecule has 0 amide bonds. The molecule has 0 N–H and O–H groups in total. The molecule has 0 aliphatic carbocycles. The molecule has 1 atom stereocenters. The van der Waals surface area contributed by atoms with Crippen molar-refractivity contribution in [2.24, 2.45) is 0 Å². The number of hydrogen-bond donors (Lipinski definition) is 0. The Hall–Kier alpha value is -2.08.